The summed E-state index contributed by atoms with van der Waals surface area (Å²) in [5, 5.41) is 9.78. The molecule has 1 aromatic heterocycles. The van der Waals surface area contributed by atoms with Crippen LogP contribution in [-0.2, 0) is 11.3 Å². The number of aromatic nitrogens is 1. The molecule has 0 amide bonds. The lowest BCUT2D eigenvalue weighted by molar-refractivity contribution is -0.0571. The zero-order chi connectivity index (χ0) is 17.3. The van der Waals surface area contributed by atoms with Gasteiger partial charge in [0.15, 0.2) is 5.58 Å². The first-order valence-electron chi connectivity index (χ1n) is 8.67. The molecule has 3 N–H and O–H groups in total. The number of aliphatic hydroxyl groups is 1. The first-order chi connectivity index (χ1) is 12.1. The van der Waals surface area contributed by atoms with E-state index in [2.05, 4.69) is 4.98 Å². The lowest BCUT2D eigenvalue weighted by Crippen LogP contribution is -2.44. The lowest BCUT2D eigenvalue weighted by Gasteiger charge is -2.32. The highest BCUT2D eigenvalue weighted by molar-refractivity contribution is 5.75. The molecule has 130 valence electrons. The van der Waals surface area contributed by atoms with Crippen molar-refractivity contribution in [2.24, 2.45) is 5.73 Å². The molecule has 3 aromatic rings. The average molecular weight is 338 g/mol. The Kier molecular flexibility index (Phi) is 4.29. The summed E-state index contributed by atoms with van der Waals surface area (Å²) in [6.45, 7) is 0.557. The minimum absolute atomic E-state index is 0.167. The van der Waals surface area contributed by atoms with E-state index in [0.29, 0.717) is 25.3 Å². The fourth-order valence-electron chi connectivity index (χ4n) is 3.21. The van der Waals surface area contributed by atoms with Gasteiger partial charge in [0.05, 0.1) is 12.7 Å². The summed E-state index contributed by atoms with van der Waals surface area (Å²) in [4.78, 5) is 4.51. The highest BCUT2D eigenvalue weighted by Gasteiger charge is 2.29. The maximum absolute atomic E-state index is 9.78. The van der Waals surface area contributed by atoms with Crippen LogP contribution in [0.2, 0.25) is 0 Å². The molecule has 5 nitrogen and oxygen atoms in total. The van der Waals surface area contributed by atoms with Gasteiger partial charge in [-0.2, -0.15) is 0 Å². The smallest absolute Gasteiger partial charge is 0.227 e. The van der Waals surface area contributed by atoms with Gasteiger partial charge >= 0.3 is 0 Å². The summed E-state index contributed by atoms with van der Waals surface area (Å²) >= 11 is 0. The molecule has 0 unspecified atom stereocenters. The van der Waals surface area contributed by atoms with Gasteiger partial charge in [0.2, 0.25) is 5.89 Å². The third-order valence-electron chi connectivity index (χ3n) is 4.78. The Morgan fingerprint density at radius 1 is 1.12 bits per heavy atom. The third-order valence-corrected chi connectivity index (χ3v) is 4.78. The Hall–Kier alpha value is -2.21. The van der Waals surface area contributed by atoms with Crippen LogP contribution < -0.4 is 5.73 Å². The topological polar surface area (TPSA) is 81.5 Å². The minimum Gasteiger partial charge on any atom is -0.436 e. The van der Waals surface area contributed by atoms with Crippen LogP contribution in [0.15, 0.2) is 52.9 Å². The molecule has 2 aromatic carbocycles. The standard InChI is InChI=1S/C20H22N2O3/c21-20(23)11-9-16(10-12-20)24-13-14-5-7-15(8-6-14)19-22-17-3-1-2-4-18(17)25-19/h1-8,16,23H,9-13,21H2. The molecule has 1 fully saturated rings. The van der Waals surface area contributed by atoms with Gasteiger partial charge in [0.25, 0.3) is 0 Å². The van der Waals surface area contributed by atoms with Crippen LogP contribution in [0.1, 0.15) is 31.2 Å². The summed E-state index contributed by atoms with van der Waals surface area (Å²) in [6.07, 6.45) is 2.95. The number of hydrogen-bond acceptors (Lipinski definition) is 5. The van der Waals surface area contributed by atoms with Crippen molar-refractivity contribution in [2.75, 3.05) is 0 Å². The molecule has 4 rings (SSSR count). The highest BCUT2D eigenvalue weighted by Crippen LogP contribution is 2.27. The molecule has 0 radical (unpaired) electrons. The second kappa shape index (κ2) is 6.59. The predicted octanol–water partition coefficient (Wildman–Crippen LogP) is 3.60. The molecule has 0 atom stereocenters. The fourth-order valence-corrected chi connectivity index (χ4v) is 3.21. The molecule has 5 heteroatoms. The number of ether oxygens (including phenoxy) is 1. The number of rotatable bonds is 4. The Balaban J connectivity index is 1.38. The molecule has 1 aliphatic rings. The molecule has 1 aliphatic carbocycles. The van der Waals surface area contributed by atoms with Crippen molar-refractivity contribution >= 4 is 11.1 Å². The van der Waals surface area contributed by atoms with Gasteiger partial charge in [0, 0.05) is 5.56 Å². The molecular weight excluding hydrogens is 316 g/mol. The first kappa shape index (κ1) is 16.3. The van der Waals surface area contributed by atoms with Crippen LogP contribution in [0, 0.1) is 0 Å². The summed E-state index contributed by atoms with van der Waals surface area (Å²) in [6, 6.07) is 15.8. The zero-order valence-electron chi connectivity index (χ0n) is 14.0. The molecule has 0 saturated heterocycles. The second-order valence-corrected chi connectivity index (χ2v) is 6.80. The van der Waals surface area contributed by atoms with Crippen LogP contribution in [0.25, 0.3) is 22.6 Å². The molecule has 25 heavy (non-hydrogen) atoms. The van der Waals surface area contributed by atoms with Gasteiger partial charge in [0.1, 0.15) is 11.2 Å². The molecule has 0 spiro atoms. The van der Waals surface area contributed by atoms with Gasteiger partial charge in [-0.25, -0.2) is 4.98 Å². The molecular formula is C20H22N2O3. The van der Waals surface area contributed by atoms with E-state index in [9.17, 15) is 5.11 Å². The average Bonchev–Trinajstić information content (AvgIpc) is 3.05. The quantitative estimate of drug-likeness (QED) is 0.710. The van der Waals surface area contributed by atoms with Gasteiger partial charge in [-0.3, -0.25) is 0 Å². The lowest BCUT2D eigenvalue weighted by atomic mass is 9.90. The summed E-state index contributed by atoms with van der Waals surface area (Å²) in [7, 11) is 0. The van der Waals surface area contributed by atoms with Crippen LogP contribution in [-0.4, -0.2) is 21.9 Å². The normalized spacial score (nSPS) is 23.8. The Morgan fingerprint density at radius 2 is 1.84 bits per heavy atom. The predicted molar refractivity (Wildman–Crippen MR) is 95.6 cm³/mol. The van der Waals surface area contributed by atoms with Crippen molar-refractivity contribution in [2.45, 2.75) is 44.1 Å². The maximum atomic E-state index is 9.78. The third kappa shape index (κ3) is 3.74. The van der Waals surface area contributed by atoms with Crippen molar-refractivity contribution in [3.63, 3.8) is 0 Å². The number of benzene rings is 2. The maximum Gasteiger partial charge on any atom is 0.227 e. The largest absolute Gasteiger partial charge is 0.436 e. The zero-order valence-corrected chi connectivity index (χ0v) is 14.0. The van der Waals surface area contributed by atoms with Gasteiger partial charge in [-0.1, -0.05) is 24.3 Å². The van der Waals surface area contributed by atoms with E-state index < -0.39 is 5.72 Å². The summed E-state index contributed by atoms with van der Waals surface area (Å²) < 4.78 is 11.7. The number of para-hydroxylation sites is 2. The van der Waals surface area contributed by atoms with Crippen molar-refractivity contribution < 1.29 is 14.3 Å². The van der Waals surface area contributed by atoms with E-state index in [-0.39, 0.29) is 6.10 Å². The van der Waals surface area contributed by atoms with Crippen LogP contribution in [0.4, 0.5) is 0 Å². The van der Waals surface area contributed by atoms with Crippen molar-refractivity contribution in [1.82, 2.24) is 4.98 Å². The van der Waals surface area contributed by atoms with E-state index in [1.165, 1.54) is 0 Å². The summed E-state index contributed by atoms with van der Waals surface area (Å²) in [5.41, 5.74) is 8.43. The monoisotopic (exact) mass is 338 g/mol. The van der Waals surface area contributed by atoms with E-state index in [4.69, 9.17) is 14.9 Å². The first-order valence-corrected chi connectivity index (χ1v) is 8.67. The second-order valence-electron chi connectivity index (χ2n) is 6.80. The van der Waals surface area contributed by atoms with Crippen molar-refractivity contribution in [3.05, 3.63) is 54.1 Å². The van der Waals surface area contributed by atoms with Gasteiger partial charge in [-0.15, -0.1) is 0 Å². The molecule has 1 heterocycles. The number of nitrogens with two attached hydrogens (primary N) is 1. The van der Waals surface area contributed by atoms with Gasteiger partial charge in [-0.05, 0) is 55.5 Å². The van der Waals surface area contributed by atoms with E-state index in [1.807, 2.05) is 48.5 Å². The van der Waals surface area contributed by atoms with Crippen LogP contribution in [0.5, 0.6) is 0 Å². The SMILES string of the molecule is NC1(O)CCC(OCc2ccc(-c3nc4ccccc4o3)cc2)CC1. The highest BCUT2D eigenvalue weighted by atomic mass is 16.5. The number of oxazole rings is 1. The van der Waals surface area contributed by atoms with Crippen molar-refractivity contribution in [3.8, 4) is 11.5 Å². The minimum atomic E-state index is -1.01. The molecule has 0 aliphatic heterocycles. The van der Waals surface area contributed by atoms with Crippen LogP contribution >= 0.6 is 0 Å². The fraction of sp³-hybridized carbons (Fsp3) is 0.350. The van der Waals surface area contributed by atoms with E-state index in [1.54, 1.807) is 0 Å². The van der Waals surface area contributed by atoms with E-state index >= 15 is 0 Å². The Bertz CT molecular complexity index is 812. The number of fused-ring (bicyclic) bond motifs is 1. The molecule has 0 bridgehead atoms. The number of hydrogen-bond donors (Lipinski definition) is 2. The number of nitrogens with zero attached hydrogens (tertiary/aromatic N) is 1. The van der Waals surface area contributed by atoms with E-state index in [0.717, 1.165) is 35.1 Å². The Morgan fingerprint density at radius 3 is 2.56 bits per heavy atom. The van der Waals surface area contributed by atoms with Crippen LogP contribution in [0.3, 0.4) is 0 Å². The van der Waals surface area contributed by atoms with Crippen molar-refractivity contribution in [1.29, 1.82) is 0 Å². The molecule has 1 saturated carbocycles. The summed E-state index contributed by atoms with van der Waals surface area (Å²) in [5.74, 6) is 0.628. The Labute approximate surface area is 146 Å². The van der Waals surface area contributed by atoms with Gasteiger partial charge < -0.3 is 20.0 Å².